The summed E-state index contributed by atoms with van der Waals surface area (Å²) in [6.07, 6.45) is 1.45. The summed E-state index contributed by atoms with van der Waals surface area (Å²) in [7, 11) is 0. The van der Waals surface area contributed by atoms with Crippen molar-refractivity contribution in [1.82, 2.24) is 4.98 Å². The summed E-state index contributed by atoms with van der Waals surface area (Å²) in [5, 5.41) is 9.54. The number of nitrogens with two attached hydrogens (primary N) is 1. The third-order valence-electron chi connectivity index (χ3n) is 2.15. The first kappa shape index (κ1) is 12.9. The van der Waals surface area contributed by atoms with Gasteiger partial charge in [-0.05, 0) is 34.1 Å². The van der Waals surface area contributed by atoms with E-state index in [2.05, 4.69) is 20.9 Å². The number of hydrogen-bond acceptors (Lipinski definition) is 4. The van der Waals surface area contributed by atoms with Crippen molar-refractivity contribution in [3.63, 3.8) is 0 Å². The molecule has 4 nitrogen and oxygen atoms in total. The van der Waals surface area contributed by atoms with Crippen molar-refractivity contribution in [3.8, 4) is 0 Å². The van der Waals surface area contributed by atoms with Crippen LogP contribution in [-0.2, 0) is 0 Å². The Morgan fingerprint density at radius 3 is 2.78 bits per heavy atom. The number of nitrogens with zero attached hydrogens (tertiary/aromatic N) is 1. The minimum atomic E-state index is -1.04. The molecular weight excluding hydrogens is 316 g/mol. The smallest absolute Gasteiger partial charge is 0.338 e. The lowest BCUT2D eigenvalue weighted by Gasteiger charge is -2.07. The SMILES string of the molecule is Nc1cnc(Sc2ccccc2Br)c(C(=O)O)c1. The molecule has 2 aromatic rings. The third kappa shape index (κ3) is 2.83. The Kier molecular flexibility index (Phi) is 3.88. The molecule has 0 fully saturated rings. The molecule has 0 aliphatic carbocycles. The summed E-state index contributed by atoms with van der Waals surface area (Å²) in [5.74, 6) is -1.04. The number of anilines is 1. The van der Waals surface area contributed by atoms with Crippen LogP contribution in [0, 0.1) is 0 Å². The van der Waals surface area contributed by atoms with E-state index in [4.69, 9.17) is 10.8 Å². The van der Waals surface area contributed by atoms with Gasteiger partial charge in [-0.3, -0.25) is 0 Å². The van der Waals surface area contributed by atoms with Crippen molar-refractivity contribution in [2.24, 2.45) is 0 Å². The van der Waals surface area contributed by atoms with Crippen LogP contribution in [0.5, 0.6) is 0 Å². The van der Waals surface area contributed by atoms with E-state index in [0.29, 0.717) is 10.7 Å². The number of halogens is 1. The lowest BCUT2D eigenvalue weighted by atomic mass is 10.3. The number of aromatic carboxylic acids is 1. The number of pyridine rings is 1. The second kappa shape index (κ2) is 5.41. The van der Waals surface area contributed by atoms with Crippen LogP contribution >= 0.6 is 27.7 Å². The van der Waals surface area contributed by atoms with E-state index in [0.717, 1.165) is 9.37 Å². The zero-order valence-electron chi connectivity index (χ0n) is 9.13. The first-order valence-corrected chi connectivity index (χ1v) is 6.60. The quantitative estimate of drug-likeness (QED) is 0.906. The maximum absolute atomic E-state index is 11.1. The van der Waals surface area contributed by atoms with Gasteiger partial charge in [0.2, 0.25) is 0 Å². The van der Waals surface area contributed by atoms with Crippen LogP contribution in [0.25, 0.3) is 0 Å². The summed E-state index contributed by atoms with van der Waals surface area (Å²) in [6.45, 7) is 0. The second-order valence-corrected chi connectivity index (χ2v) is 5.34. The van der Waals surface area contributed by atoms with Crippen LogP contribution in [-0.4, -0.2) is 16.1 Å². The minimum Gasteiger partial charge on any atom is -0.478 e. The molecule has 0 aliphatic rings. The van der Waals surface area contributed by atoms with Crippen LogP contribution in [0.4, 0.5) is 5.69 Å². The van der Waals surface area contributed by atoms with Crippen molar-refractivity contribution in [1.29, 1.82) is 0 Å². The van der Waals surface area contributed by atoms with Gasteiger partial charge in [0.1, 0.15) is 5.03 Å². The van der Waals surface area contributed by atoms with Crippen LogP contribution in [0.15, 0.2) is 50.9 Å². The molecule has 6 heteroatoms. The van der Waals surface area contributed by atoms with Crippen molar-refractivity contribution in [2.45, 2.75) is 9.92 Å². The third-order valence-corrected chi connectivity index (χ3v) is 4.19. The lowest BCUT2D eigenvalue weighted by molar-refractivity contribution is 0.0692. The molecule has 0 spiro atoms. The van der Waals surface area contributed by atoms with Gasteiger partial charge in [0.15, 0.2) is 0 Å². The van der Waals surface area contributed by atoms with Gasteiger partial charge in [0.05, 0.1) is 17.4 Å². The van der Waals surface area contributed by atoms with Gasteiger partial charge in [-0.1, -0.05) is 23.9 Å². The Morgan fingerprint density at radius 2 is 2.11 bits per heavy atom. The molecule has 1 aromatic carbocycles. The number of aromatic nitrogens is 1. The zero-order chi connectivity index (χ0) is 13.1. The van der Waals surface area contributed by atoms with Crippen molar-refractivity contribution in [2.75, 3.05) is 5.73 Å². The van der Waals surface area contributed by atoms with Gasteiger partial charge in [-0.15, -0.1) is 0 Å². The first-order chi connectivity index (χ1) is 8.58. The number of benzene rings is 1. The molecule has 0 atom stereocenters. The number of carboxylic acids is 1. The summed E-state index contributed by atoms with van der Waals surface area (Å²) in [4.78, 5) is 16.1. The fraction of sp³-hybridized carbons (Fsp3) is 0. The number of carboxylic acid groups (broad SMARTS) is 1. The largest absolute Gasteiger partial charge is 0.478 e. The molecule has 1 heterocycles. The predicted octanol–water partition coefficient (Wildman–Crippen LogP) is 3.28. The predicted molar refractivity (Wildman–Crippen MR) is 73.9 cm³/mol. The molecule has 3 N–H and O–H groups in total. The Balaban J connectivity index is 2.41. The molecule has 0 saturated heterocycles. The van der Waals surface area contributed by atoms with Gasteiger partial charge in [-0.25, -0.2) is 9.78 Å². The maximum Gasteiger partial charge on any atom is 0.338 e. The normalized spacial score (nSPS) is 10.3. The molecule has 0 radical (unpaired) electrons. The van der Waals surface area contributed by atoms with E-state index in [9.17, 15) is 4.79 Å². The van der Waals surface area contributed by atoms with Gasteiger partial charge in [-0.2, -0.15) is 0 Å². The second-order valence-electron chi connectivity index (χ2n) is 3.46. The average molecular weight is 325 g/mol. The van der Waals surface area contributed by atoms with Crippen LogP contribution in [0.2, 0.25) is 0 Å². The van der Waals surface area contributed by atoms with Crippen molar-refractivity contribution >= 4 is 39.3 Å². The molecule has 1 aromatic heterocycles. The van der Waals surface area contributed by atoms with E-state index in [-0.39, 0.29) is 5.56 Å². The van der Waals surface area contributed by atoms with E-state index < -0.39 is 5.97 Å². The topological polar surface area (TPSA) is 76.2 Å². The Morgan fingerprint density at radius 1 is 1.39 bits per heavy atom. The molecule has 0 unspecified atom stereocenters. The van der Waals surface area contributed by atoms with Crippen molar-refractivity contribution < 1.29 is 9.90 Å². The van der Waals surface area contributed by atoms with E-state index in [1.807, 2.05) is 24.3 Å². The van der Waals surface area contributed by atoms with Gasteiger partial charge in [0, 0.05) is 9.37 Å². The molecular formula is C12H9BrN2O2S. The number of rotatable bonds is 3. The number of nitrogen functional groups attached to an aromatic ring is 1. The van der Waals surface area contributed by atoms with Crippen LogP contribution < -0.4 is 5.73 Å². The number of carbonyl (C=O) groups is 1. The van der Waals surface area contributed by atoms with Gasteiger partial charge < -0.3 is 10.8 Å². The maximum atomic E-state index is 11.1. The highest BCUT2D eigenvalue weighted by Crippen LogP contribution is 2.34. The average Bonchev–Trinajstić information content (AvgIpc) is 2.34. The monoisotopic (exact) mass is 324 g/mol. The van der Waals surface area contributed by atoms with E-state index in [1.54, 1.807) is 0 Å². The highest BCUT2D eigenvalue weighted by atomic mass is 79.9. The molecule has 0 saturated carbocycles. The highest BCUT2D eigenvalue weighted by molar-refractivity contribution is 9.10. The lowest BCUT2D eigenvalue weighted by Crippen LogP contribution is -2.02. The molecule has 0 amide bonds. The minimum absolute atomic E-state index is 0.107. The Hall–Kier alpha value is -1.53. The fourth-order valence-electron chi connectivity index (χ4n) is 1.33. The summed E-state index contributed by atoms with van der Waals surface area (Å²) >= 11 is 4.69. The summed E-state index contributed by atoms with van der Waals surface area (Å²) < 4.78 is 0.893. The highest BCUT2D eigenvalue weighted by Gasteiger charge is 2.14. The zero-order valence-corrected chi connectivity index (χ0v) is 11.5. The summed E-state index contributed by atoms with van der Waals surface area (Å²) in [6, 6.07) is 8.96. The first-order valence-electron chi connectivity index (χ1n) is 4.99. The fourth-order valence-corrected chi connectivity index (χ4v) is 2.74. The molecule has 18 heavy (non-hydrogen) atoms. The molecule has 0 aliphatic heterocycles. The van der Waals surface area contributed by atoms with Crippen LogP contribution in [0.1, 0.15) is 10.4 Å². The summed E-state index contributed by atoms with van der Waals surface area (Å²) in [5.41, 5.74) is 5.99. The Bertz CT molecular complexity index is 604. The van der Waals surface area contributed by atoms with E-state index >= 15 is 0 Å². The number of hydrogen-bond donors (Lipinski definition) is 2. The van der Waals surface area contributed by atoms with Crippen LogP contribution in [0.3, 0.4) is 0 Å². The molecule has 0 bridgehead atoms. The molecule has 92 valence electrons. The van der Waals surface area contributed by atoms with E-state index in [1.165, 1.54) is 24.0 Å². The van der Waals surface area contributed by atoms with Crippen molar-refractivity contribution in [3.05, 3.63) is 46.6 Å². The van der Waals surface area contributed by atoms with Gasteiger partial charge >= 0.3 is 5.97 Å². The molecule has 2 rings (SSSR count). The Labute approximate surface area is 116 Å². The standard InChI is InChI=1S/C12H9BrN2O2S/c13-9-3-1-2-4-10(9)18-11-8(12(16)17)5-7(14)6-15-11/h1-6H,14H2,(H,16,17). The van der Waals surface area contributed by atoms with Gasteiger partial charge in [0.25, 0.3) is 0 Å².